The maximum absolute atomic E-state index is 11.2. The Hall–Kier alpha value is -3.57. The summed E-state index contributed by atoms with van der Waals surface area (Å²) in [6.07, 6.45) is -0.204. The van der Waals surface area contributed by atoms with Gasteiger partial charge in [0.05, 0.1) is 24.5 Å². The minimum atomic E-state index is -0.559. The van der Waals surface area contributed by atoms with Crippen molar-refractivity contribution in [1.29, 1.82) is 0 Å². The van der Waals surface area contributed by atoms with E-state index in [1.165, 1.54) is 6.92 Å². The summed E-state index contributed by atoms with van der Waals surface area (Å²) in [6, 6.07) is 25.5. The number of hydrogen-bond donors (Lipinski definition) is 2. The van der Waals surface area contributed by atoms with Crippen molar-refractivity contribution >= 4 is 17.7 Å². The molecule has 1 saturated heterocycles. The van der Waals surface area contributed by atoms with E-state index in [0.717, 1.165) is 27.9 Å². The van der Waals surface area contributed by atoms with Crippen LogP contribution in [0.4, 0.5) is 0 Å². The van der Waals surface area contributed by atoms with Crippen LogP contribution in [-0.2, 0) is 27.4 Å². The summed E-state index contributed by atoms with van der Waals surface area (Å²) in [4.78, 5) is 11.2. The molecule has 1 aliphatic heterocycles. The minimum Gasteiger partial charge on any atom is -0.392 e. The molecule has 1 fully saturated rings. The van der Waals surface area contributed by atoms with E-state index in [2.05, 4.69) is 20.8 Å². The van der Waals surface area contributed by atoms with Crippen LogP contribution in [0.1, 0.15) is 48.0 Å². The Balaban J connectivity index is 1.33. The smallest absolute Gasteiger partial charge is 0.217 e. The first-order valence-electron chi connectivity index (χ1n) is 12.4. The highest BCUT2D eigenvalue weighted by Gasteiger charge is 2.32. The molecule has 1 aromatic heterocycles. The van der Waals surface area contributed by atoms with Gasteiger partial charge in [-0.2, -0.15) is 4.68 Å². The minimum absolute atomic E-state index is 0.00221. The van der Waals surface area contributed by atoms with Crippen LogP contribution in [0.5, 0.6) is 0 Å². The number of amides is 1. The Bertz CT molecular complexity index is 1330. The molecule has 0 aliphatic carbocycles. The first-order chi connectivity index (χ1) is 18.6. The highest BCUT2D eigenvalue weighted by atomic mass is 32.2. The van der Waals surface area contributed by atoms with Gasteiger partial charge in [-0.3, -0.25) is 4.79 Å². The zero-order valence-corrected chi connectivity index (χ0v) is 21.8. The Morgan fingerprint density at radius 2 is 1.71 bits per heavy atom. The van der Waals surface area contributed by atoms with Crippen LogP contribution >= 0.6 is 11.8 Å². The first kappa shape index (κ1) is 26.1. The van der Waals surface area contributed by atoms with E-state index in [9.17, 15) is 9.90 Å². The normalized spacial score (nSPS) is 19.3. The van der Waals surface area contributed by atoms with Crippen molar-refractivity contribution in [2.75, 3.05) is 5.75 Å². The number of aliphatic hydroxyl groups excluding tert-OH is 1. The molecule has 1 amide bonds. The predicted molar refractivity (Wildman–Crippen MR) is 142 cm³/mol. The van der Waals surface area contributed by atoms with Gasteiger partial charge in [0.2, 0.25) is 11.1 Å². The van der Waals surface area contributed by atoms with E-state index in [1.807, 2.05) is 78.9 Å². The SMILES string of the molecule is CC(=O)NCc1ccc(C2OC(CSc3nnnn3-c3ccccc3)CC(c3ccc(CO)cc3)O2)cc1. The van der Waals surface area contributed by atoms with Crippen LogP contribution < -0.4 is 5.32 Å². The van der Waals surface area contributed by atoms with Crippen LogP contribution in [0.15, 0.2) is 84.0 Å². The number of nitrogens with one attached hydrogen (secondary N) is 1. The number of carbonyl (C=O) groups excluding carboxylic acids is 1. The lowest BCUT2D eigenvalue weighted by Crippen LogP contribution is -2.31. The van der Waals surface area contributed by atoms with E-state index >= 15 is 0 Å². The molecule has 10 heteroatoms. The van der Waals surface area contributed by atoms with Crippen molar-refractivity contribution in [2.45, 2.75) is 50.2 Å². The van der Waals surface area contributed by atoms with Crippen molar-refractivity contribution in [2.24, 2.45) is 0 Å². The molecule has 196 valence electrons. The number of ether oxygens (including phenoxy) is 2. The molecule has 38 heavy (non-hydrogen) atoms. The molecule has 0 bridgehead atoms. The van der Waals surface area contributed by atoms with Crippen molar-refractivity contribution < 1.29 is 19.4 Å². The highest BCUT2D eigenvalue weighted by molar-refractivity contribution is 7.99. The third kappa shape index (κ3) is 6.46. The first-order valence-corrected chi connectivity index (χ1v) is 13.4. The lowest BCUT2D eigenvalue weighted by atomic mass is 10.0. The van der Waals surface area contributed by atoms with Crippen LogP contribution in [0, 0.1) is 0 Å². The molecule has 4 aromatic rings. The van der Waals surface area contributed by atoms with Gasteiger partial charge in [-0.15, -0.1) is 5.10 Å². The fourth-order valence-electron chi connectivity index (χ4n) is 4.21. The Morgan fingerprint density at radius 1 is 1.00 bits per heavy atom. The molecule has 0 saturated carbocycles. The Labute approximate surface area is 225 Å². The highest BCUT2D eigenvalue weighted by Crippen LogP contribution is 2.39. The Kier molecular flexibility index (Phi) is 8.44. The molecule has 2 N–H and O–H groups in total. The molecule has 1 aliphatic rings. The molecule has 0 radical (unpaired) electrons. The molecule has 3 aromatic carbocycles. The second-order valence-corrected chi connectivity index (χ2v) is 10.0. The average Bonchev–Trinajstić information content (AvgIpc) is 3.44. The topological polar surface area (TPSA) is 111 Å². The second kappa shape index (κ2) is 12.3. The summed E-state index contributed by atoms with van der Waals surface area (Å²) in [5.41, 5.74) is 4.67. The van der Waals surface area contributed by atoms with Crippen molar-refractivity contribution in [3.05, 3.63) is 101 Å². The van der Waals surface area contributed by atoms with Gasteiger partial charge in [0, 0.05) is 31.2 Å². The third-order valence-corrected chi connectivity index (χ3v) is 7.30. The van der Waals surface area contributed by atoms with E-state index < -0.39 is 6.29 Å². The monoisotopic (exact) mass is 531 g/mol. The van der Waals surface area contributed by atoms with Gasteiger partial charge in [0.15, 0.2) is 6.29 Å². The van der Waals surface area contributed by atoms with Crippen molar-refractivity contribution in [3.63, 3.8) is 0 Å². The van der Waals surface area contributed by atoms with Gasteiger partial charge in [-0.05, 0) is 39.2 Å². The summed E-state index contributed by atoms with van der Waals surface area (Å²) >= 11 is 1.54. The molecule has 0 spiro atoms. The standard InChI is InChI=1S/C28H29N5O4S/c1-19(35)29-16-20-7-13-23(14-8-20)27-36-25(15-26(37-27)22-11-9-21(17-34)10-12-22)18-38-28-30-31-32-33(28)24-5-3-2-4-6-24/h2-14,25-27,34H,15-18H2,1H3,(H,29,35). The van der Waals surface area contributed by atoms with Crippen molar-refractivity contribution in [1.82, 2.24) is 25.5 Å². The number of aromatic nitrogens is 4. The molecule has 3 unspecified atom stereocenters. The summed E-state index contributed by atoms with van der Waals surface area (Å²) in [6.45, 7) is 1.97. The maximum Gasteiger partial charge on any atom is 0.217 e. The Morgan fingerprint density at radius 3 is 2.42 bits per heavy atom. The number of nitrogens with zero attached hydrogens (tertiary/aromatic N) is 4. The zero-order chi connectivity index (χ0) is 26.3. The summed E-state index contributed by atoms with van der Waals surface area (Å²) in [7, 11) is 0. The summed E-state index contributed by atoms with van der Waals surface area (Å²) in [5.74, 6) is 0.570. The maximum atomic E-state index is 11.2. The van der Waals surface area contributed by atoms with Gasteiger partial charge in [-0.1, -0.05) is 78.5 Å². The molecular formula is C28H29N5O4S. The zero-order valence-electron chi connectivity index (χ0n) is 20.9. The predicted octanol–water partition coefficient (Wildman–Crippen LogP) is 4.13. The number of rotatable bonds is 9. The third-order valence-electron chi connectivity index (χ3n) is 6.25. The van der Waals surface area contributed by atoms with E-state index in [1.54, 1.807) is 16.4 Å². The molecule has 2 heterocycles. The van der Waals surface area contributed by atoms with Crippen LogP contribution in [0.3, 0.4) is 0 Å². The van der Waals surface area contributed by atoms with E-state index in [-0.39, 0.29) is 24.7 Å². The number of hydrogen-bond acceptors (Lipinski definition) is 8. The largest absolute Gasteiger partial charge is 0.392 e. The second-order valence-electron chi connectivity index (χ2n) is 9.02. The van der Waals surface area contributed by atoms with E-state index in [4.69, 9.17) is 9.47 Å². The summed E-state index contributed by atoms with van der Waals surface area (Å²) < 4.78 is 14.6. The molecule has 5 rings (SSSR count). The quantitative estimate of drug-likeness (QED) is 0.310. The van der Waals surface area contributed by atoms with Crippen LogP contribution in [0.2, 0.25) is 0 Å². The number of tetrazole rings is 1. The number of carbonyl (C=O) groups is 1. The van der Waals surface area contributed by atoms with Gasteiger partial charge >= 0.3 is 0 Å². The van der Waals surface area contributed by atoms with Crippen LogP contribution in [0.25, 0.3) is 5.69 Å². The number of benzene rings is 3. The average molecular weight is 532 g/mol. The van der Waals surface area contributed by atoms with Gasteiger partial charge in [-0.25, -0.2) is 0 Å². The number of para-hydroxylation sites is 1. The summed E-state index contributed by atoms with van der Waals surface area (Å²) in [5, 5.41) is 25.2. The molecular weight excluding hydrogens is 502 g/mol. The van der Waals surface area contributed by atoms with Gasteiger partial charge in [0.1, 0.15) is 0 Å². The number of thioether (sulfide) groups is 1. The van der Waals surface area contributed by atoms with Crippen molar-refractivity contribution in [3.8, 4) is 5.69 Å². The lowest BCUT2D eigenvalue weighted by molar-refractivity contribution is -0.245. The fraction of sp³-hybridized carbons (Fsp3) is 0.286. The van der Waals surface area contributed by atoms with Crippen LogP contribution in [-0.4, -0.2) is 43.1 Å². The fourth-order valence-corrected chi connectivity index (χ4v) is 5.12. The number of aliphatic hydroxyl groups is 1. The van der Waals surface area contributed by atoms with Gasteiger partial charge in [0.25, 0.3) is 0 Å². The molecule has 3 atom stereocenters. The van der Waals surface area contributed by atoms with E-state index in [0.29, 0.717) is 23.9 Å². The molecule has 9 nitrogen and oxygen atoms in total. The lowest BCUT2D eigenvalue weighted by Gasteiger charge is -2.36. The van der Waals surface area contributed by atoms with Gasteiger partial charge < -0.3 is 19.9 Å².